The van der Waals surface area contributed by atoms with E-state index in [-0.39, 0.29) is 42.5 Å². The molecule has 1 aromatic rings. The van der Waals surface area contributed by atoms with Gasteiger partial charge in [0.1, 0.15) is 5.82 Å². The van der Waals surface area contributed by atoms with Crippen LogP contribution in [0.4, 0.5) is 5.82 Å². The van der Waals surface area contributed by atoms with Crippen LogP contribution in [0.5, 0.6) is 0 Å². The average Bonchev–Trinajstić information content (AvgIpc) is 2.48. The molecule has 0 saturated carbocycles. The van der Waals surface area contributed by atoms with Crippen molar-refractivity contribution < 1.29 is 9.59 Å². The van der Waals surface area contributed by atoms with Crippen molar-refractivity contribution in [1.29, 1.82) is 0 Å². The van der Waals surface area contributed by atoms with Gasteiger partial charge in [0.05, 0.1) is 5.54 Å². The van der Waals surface area contributed by atoms with Crippen LogP contribution >= 0.6 is 24.8 Å². The summed E-state index contributed by atoms with van der Waals surface area (Å²) in [6.07, 6.45) is 3.03. The third kappa shape index (κ3) is 5.92. The maximum Gasteiger partial charge on any atom is 0.242 e. The number of amides is 2. The molecule has 0 aromatic carbocycles. The first-order valence-corrected chi connectivity index (χ1v) is 7.59. The summed E-state index contributed by atoms with van der Waals surface area (Å²) in [6.45, 7) is 6.50. The predicted molar refractivity (Wildman–Crippen MR) is 99.7 cm³/mol. The van der Waals surface area contributed by atoms with E-state index in [2.05, 4.69) is 10.3 Å². The molecular formula is C16H26Cl2N4O2. The van der Waals surface area contributed by atoms with Crippen LogP contribution in [0.3, 0.4) is 0 Å². The number of pyridine rings is 1. The molecule has 1 aromatic heterocycles. The highest BCUT2D eigenvalue weighted by Gasteiger charge is 2.32. The van der Waals surface area contributed by atoms with E-state index in [4.69, 9.17) is 5.73 Å². The van der Waals surface area contributed by atoms with Gasteiger partial charge in [-0.05, 0) is 45.2 Å². The fourth-order valence-electron chi connectivity index (χ4n) is 2.52. The van der Waals surface area contributed by atoms with E-state index in [1.54, 1.807) is 31.0 Å². The first-order valence-electron chi connectivity index (χ1n) is 7.59. The predicted octanol–water partition coefficient (Wildman–Crippen LogP) is 2.15. The molecule has 24 heavy (non-hydrogen) atoms. The van der Waals surface area contributed by atoms with Gasteiger partial charge in [-0.2, -0.15) is 0 Å². The number of halogens is 2. The van der Waals surface area contributed by atoms with Crippen LogP contribution in [-0.2, 0) is 9.59 Å². The number of rotatable bonds is 3. The molecule has 1 fully saturated rings. The van der Waals surface area contributed by atoms with Crippen molar-refractivity contribution in [2.24, 2.45) is 11.7 Å². The number of nitrogens with one attached hydrogen (secondary N) is 1. The average molecular weight is 377 g/mol. The van der Waals surface area contributed by atoms with E-state index in [1.807, 2.05) is 13.0 Å². The molecule has 0 unspecified atom stereocenters. The number of nitrogens with zero attached hydrogens (tertiary/aromatic N) is 2. The molecule has 2 amide bonds. The molecule has 2 heterocycles. The molecule has 2 rings (SSSR count). The molecule has 6 nitrogen and oxygen atoms in total. The molecule has 1 aliphatic rings. The maximum absolute atomic E-state index is 12.2. The molecule has 0 bridgehead atoms. The third-order valence-corrected chi connectivity index (χ3v) is 3.87. The van der Waals surface area contributed by atoms with Crippen molar-refractivity contribution in [2.75, 3.05) is 18.4 Å². The zero-order valence-corrected chi connectivity index (χ0v) is 15.9. The lowest BCUT2D eigenvalue weighted by atomic mass is 9.94. The third-order valence-electron chi connectivity index (χ3n) is 3.87. The summed E-state index contributed by atoms with van der Waals surface area (Å²) in [5.41, 5.74) is 6.03. The first kappa shape index (κ1) is 22.6. The number of carbonyl (C=O) groups excluding carboxylic acids is 2. The summed E-state index contributed by atoms with van der Waals surface area (Å²) >= 11 is 0. The van der Waals surface area contributed by atoms with Crippen molar-refractivity contribution in [3.8, 4) is 0 Å². The van der Waals surface area contributed by atoms with Gasteiger partial charge in [-0.15, -0.1) is 24.8 Å². The smallest absolute Gasteiger partial charge is 0.242 e. The van der Waals surface area contributed by atoms with Crippen LogP contribution in [0, 0.1) is 12.8 Å². The molecule has 0 spiro atoms. The monoisotopic (exact) mass is 376 g/mol. The molecule has 136 valence electrons. The van der Waals surface area contributed by atoms with Gasteiger partial charge < -0.3 is 16.0 Å². The SMILES string of the molecule is Cc1ccc(NC(=O)C2CCN(C(=O)C(C)(C)N)CC2)nc1.Cl.Cl. The zero-order valence-electron chi connectivity index (χ0n) is 14.2. The van der Waals surface area contributed by atoms with Crippen molar-refractivity contribution in [3.63, 3.8) is 0 Å². The van der Waals surface area contributed by atoms with Gasteiger partial charge in [0.15, 0.2) is 0 Å². The molecular weight excluding hydrogens is 351 g/mol. The number of likely N-dealkylation sites (tertiary alicyclic amines) is 1. The van der Waals surface area contributed by atoms with Gasteiger partial charge in [0.25, 0.3) is 0 Å². The van der Waals surface area contributed by atoms with Crippen molar-refractivity contribution in [2.45, 2.75) is 39.2 Å². The second-order valence-corrected chi connectivity index (χ2v) is 6.50. The Kier molecular flexibility index (Phi) is 8.68. The fraction of sp³-hybridized carbons (Fsp3) is 0.562. The van der Waals surface area contributed by atoms with Crippen LogP contribution in [-0.4, -0.2) is 40.3 Å². The first-order chi connectivity index (χ1) is 10.3. The van der Waals surface area contributed by atoms with Crippen LogP contribution in [0.1, 0.15) is 32.3 Å². The van der Waals surface area contributed by atoms with Gasteiger partial charge >= 0.3 is 0 Å². The fourth-order valence-corrected chi connectivity index (χ4v) is 2.52. The normalized spacial score (nSPS) is 15.1. The van der Waals surface area contributed by atoms with Crippen molar-refractivity contribution in [1.82, 2.24) is 9.88 Å². The van der Waals surface area contributed by atoms with Crippen LogP contribution in [0.15, 0.2) is 18.3 Å². The van der Waals surface area contributed by atoms with Gasteiger partial charge in [0.2, 0.25) is 11.8 Å². The number of nitrogens with two attached hydrogens (primary N) is 1. The molecule has 0 atom stereocenters. The van der Waals surface area contributed by atoms with Crippen molar-refractivity contribution >= 4 is 42.4 Å². The summed E-state index contributed by atoms with van der Waals surface area (Å²) in [5, 5.41) is 2.83. The minimum absolute atomic E-state index is 0. The highest BCUT2D eigenvalue weighted by molar-refractivity contribution is 5.92. The Balaban J connectivity index is 0.00000264. The lowest BCUT2D eigenvalue weighted by Gasteiger charge is -2.35. The lowest BCUT2D eigenvalue weighted by molar-refractivity contribution is -0.138. The summed E-state index contributed by atoms with van der Waals surface area (Å²) < 4.78 is 0. The van der Waals surface area contributed by atoms with E-state index < -0.39 is 5.54 Å². The number of hydrogen-bond acceptors (Lipinski definition) is 4. The minimum atomic E-state index is -0.860. The second-order valence-electron chi connectivity index (χ2n) is 6.50. The molecule has 1 aliphatic heterocycles. The molecule has 1 saturated heterocycles. The number of anilines is 1. The van der Waals surface area contributed by atoms with E-state index in [1.165, 1.54) is 0 Å². The molecule has 0 radical (unpaired) electrons. The standard InChI is InChI=1S/C16H24N4O2.2ClH/c1-11-4-5-13(18-10-11)19-14(21)12-6-8-20(9-7-12)15(22)16(2,3)17;;/h4-5,10,12H,6-9,17H2,1-3H3,(H,18,19,21);2*1H. The maximum atomic E-state index is 12.2. The van der Waals surface area contributed by atoms with Gasteiger partial charge in [-0.3, -0.25) is 9.59 Å². The van der Waals surface area contributed by atoms with Crippen molar-refractivity contribution in [3.05, 3.63) is 23.9 Å². The molecule has 0 aliphatic carbocycles. The lowest BCUT2D eigenvalue weighted by Crippen LogP contribution is -2.53. The summed E-state index contributed by atoms with van der Waals surface area (Å²) in [5.74, 6) is 0.382. The number of hydrogen-bond donors (Lipinski definition) is 2. The van der Waals surface area contributed by atoms with Gasteiger partial charge in [-0.1, -0.05) is 6.07 Å². The quantitative estimate of drug-likeness (QED) is 0.845. The topological polar surface area (TPSA) is 88.3 Å². The van der Waals surface area contributed by atoms with Gasteiger partial charge in [-0.25, -0.2) is 4.98 Å². The number of piperidine rings is 1. The largest absolute Gasteiger partial charge is 0.341 e. The minimum Gasteiger partial charge on any atom is -0.341 e. The Bertz CT molecular complexity index is 550. The van der Waals surface area contributed by atoms with Crippen LogP contribution in [0.25, 0.3) is 0 Å². The number of aryl methyl sites for hydroxylation is 1. The van der Waals surface area contributed by atoms with E-state index in [0.29, 0.717) is 31.7 Å². The second kappa shape index (κ2) is 9.20. The summed E-state index contributed by atoms with van der Waals surface area (Å²) in [7, 11) is 0. The Labute approximate surface area is 155 Å². The Morgan fingerprint density at radius 1 is 1.25 bits per heavy atom. The van der Waals surface area contributed by atoms with Crippen LogP contribution < -0.4 is 11.1 Å². The number of carbonyl (C=O) groups is 2. The highest BCUT2D eigenvalue weighted by atomic mass is 35.5. The Morgan fingerprint density at radius 3 is 2.29 bits per heavy atom. The van der Waals surface area contributed by atoms with E-state index in [0.717, 1.165) is 5.56 Å². The summed E-state index contributed by atoms with van der Waals surface area (Å²) in [4.78, 5) is 30.3. The van der Waals surface area contributed by atoms with E-state index in [9.17, 15) is 9.59 Å². The van der Waals surface area contributed by atoms with Crippen LogP contribution in [0.2, 0.25) is 0 Å². The number of aromatic nitrogens is 1. The molecule has 3 N–H and O–H groups in total. The van der Waals surface area contributed by atoms with E-state index >= 15 is 0 Å². The zero-order chi connectivity index (χ0) is 16.3. The van der Waals surface area contributed by atoms with Gasteiger partial charge in [0, 0.05) is 25.2 Å². The molecule has 8 heteroatoms. The Morgan fingerprint density at radius 2 is 1.83 bits per heavy atom. The highest BCUT2D eigenvalue weighted by Crippen LogP contribution is 2.20. The Hall–Kier alpha value is -1.37. The summed E-state index contributed by atoms with van der Waals surface area (Å²) in [6, 6.07) is 3.70.